The highest BCUT2D eigenvalue weighted by molar-refractivity contribution is 6.29. The Morgan fingerprint density at radius 3 is 2.62 bits per heavy atom. The number of halogens is 2. The van der Waals surface area contributed by atoms with Gasteiger partial charge in [0.2, 0.25) is 0 Å². The molecule has 2 N–H and O–H groups in total. The summed E-state index contributed by atoms with van der Waals surface area (Å²) in [7, 11) is 3.88. The first-order chi connectivity index (χ1) is 13.6. The molecule has 0 spiro atoms. The van der Waals surface area contributed by atoms with Crippen LogP contribution in [0.3, 0.4) is 0 Å². The van der Waals surface area contributed by atoms with Crippen LogP contribution in [0.5, 0.6) is 5.75 Å². The maximum atomic E-state index is 5.77. The zero-order valence-corrected chi connectivity index (χ0v) is 17.9. The summed E-state index contributed by atoms with van der Waals surface area (Å²) in [5.74, 6) is 2.65. The second kappa shape index (κ2) is 9.43. The monoisotopic (exact) mass is 434 g/mol. The fraction of sp³-hybridized carbons (Fsp3) is 0.350. The van der Waals surface area contributed by atoms with Gasteiger partial charge >= 0.3 is 0 Å². The van der Waals surface area contributed by atoms with Crippen molar-refractivity contribution in [3.8, 4) is 17.0 Å². The summed E-state index contributed by atoms with van der Waals surface area (Å²) in [6.07, 6.45) is 5.41. The van der Waals surface area contributed by atoms with E-state index in [-0.39, 0.29) is 12.4 Å². The summed E-state index contributed by atoms with van der Waals surface area (Å²) in [5.41, 5.74) is 3.18. The number of anilines is 2. The normalized spacial score (nSPS) is 15.0. The van der Waals surface area contributed by atoms with Crippen LogP contribution in [-0.2, 0) is 0 Å². The van der Waals surface area contributed by atoms with Gasteiger partial charge in [-0.1, -0.05) is 17.7 Å². The summed E-state index contributed by atoms with van der Waals surface area (Å²) in [4.78, 5) is 10.6. The molecule has 29 heavy (non-hydrogen) atoms. The number of piperidine rings is 1. The number of benzene rings is 1. The lowest BCUT2D eigenvalue weighted by molar-refractivity contribution is 0.255. The third-order valence-electron chi connectivity index (χ3n) is 5.16. The van der Waals surface area contributed by atoms with E-state index in [1.165, 1.54) is 24.6 Å². The van der Waals surface area contributed by atoms with Gasteiger partial charge in [-0.15, -0.1) is 12.4 Å². The number of hydrogen-bond acceptors (Lipinski definition) is 6. The minimum Gasteiger partial charge on any atom is -0.496 e. The van der Waals surface area contributed by atoms with Crippen LogP contribution in [0.4, 0.5) is 11.6 Å². The second-order valence-corrected chi connectivity index (χ2v) is 7.44. The molecule has 9 heteroatoms. The molecule has 4 rings (SSSR count). The van der Waals surface area contributed by atoms with Crippen LogP contribution in [0.25, 0.3) is 11.3 Å². The molecule has 0 atom stereocenters. The number of aromatic nitrogens is 4. The zero-order chi connectivity index (χ0) is 19.5. The van der Waals surface area contributed by atoms with Gasteiger partial charge in [0.05, 0.1) is 25.2 Å². The number of nitrogens with zero attached hydrogens (tertiary/aromatic N) is 4. The fourth-order valence-corrected chi connectivity index (χ4v) is 3.66. The molecule has 1 saturated heterocycles. The van der Waals surface area contributed by atoms with Gasteiger partial charge in [0.1, 0.15) is 16.7 Å². The first kappa shape index (κ1) is 21.4. The number of methoxy groups -OCH3 is 1. The Labute approximate surface area is 181 Å². The van der Waals surface area contributed by atoms with Crippen LogP contribution >= 0.6 is 24.0 Å². The molecule has 3 aromatic rings. The molecule has 0 bridgehead atoms. The average Bonchev–Trinajstić information content (AvgIpc) is 3.18. The third kappa shape index (κ3) is 4.98. The Morgan fingerprint density at radius 2 is 1.93 bits per heavy atom. The molecule has 154 valence electrons. The molecule has 0 saturated carbocycles. The van der Waals surface area contributed by atoms with Gasteiger partial charge in [0.25, 0.3) is 0 Å². The molecule has 0 aliphatic carbocycles. The molecule has 0 amide bonds. The van der Waals surface area contributed by atoms with Crippen molar-refractivity contribution in [3.05, 3.63) is 47.4 Å². The Kier molecular flexibility index (Phi) is 6.95. The largest absolute Gasteiger partial charge is 0.496 e. The van der Waals surface area contributed by atoms with Crippen LogP contribution in [0.15, 0.2) is 36.7 Å². The summed E-state index contributed by atoms with van der Waals surface area (Å²) in [6, 6.07) is 8.38. The first-order valence-corrected chi connectivity index (χ1v) is 9.67. The van der Waals surface area contributed by atoms with Gasteiger partial charge in [0, 0.05) is 11.6 Å². The minimum absolute atomic E-state index is 0. The predicted octanol–water partition coefficient (Wildman–Crippen LogP) is 4.50. The van der Waals surface area contributed by atoms with Crippen LogP contribution < -0.4 is 10.1 Å². The van der Waals surface area contributed by atoms with Gasteiger partial charge in [-0.3, -0.25) is 5.10 Å². The van der Waals surface area contributed by atoms with E-state index >= 15 is 0 Å². The number of hydrogen-bond donors (Lipinski definition) is 2. The number of nitrogens with one attached hydrogen (secondary N) is 2. The topological polar surface area (TPSA) is 79.0 Å². The van der Waals surface area contributed by atoms with E-state index in [0.29, 0.717) is 22.7 Å². The van der Waals surface area contributed by atoms with E-state index in [9.17, 15) is 0 Å². The first-order valence-electron chi connectivity index (χ1n) is 9.29. The Bertz CT molecular complexity index is 938. The van der Waals surface area contributed by atoms with E-state index in [4.69, 9.17) is 16.3 Å². The lowest BCUT2D eigenvalue weighted by atomic mass is 9.88. The lowest BCUT2D eigenvalue weighted by Gasteiger charge is -2.29. The van der Waals surface area contributed by atoms with E-state index in [2.05, 4.69) is 55.6 Å². The zero-order valence-electron chi connectivity index (χ0n) is 16.4. The highest BCUT2D eigenvalue weighted by Gasteiger charge is 2.20. The fourth-order valence-electron chi connectivity index (χ4n) is 3.56. The van der Waals surface area contributed by atoms with Gasteiger partial charge < -0.3 is 15.0 Å². The van der Waals surface area contributed by atoms with Crippen molar-refractivity contribution in [2.24, 2.45) is 0 Å². The Balaban J connectivity index is 0.00000240. The maximum Gasteiger partial charge on any atom is 0.153 e. The lowest BCUT2D eigenvalue weighted by Crippen LogP contribution is -2.29. The highest BCUT2D eigenvalue weighted by atomic mass is 35.5. The number of ether oxygens (including phenoxy) is 1. The average molecular weight is 435 g/mol. The van der Waals surface area contributed by atoms with Gasteiger partial charge in [0.15, 0.2) is 5.82 Å². The van der Waals surface area contributed by atoms with Crippen molar-refractivity contribution < 1.29 is 4.74 Å². The second-order valence-electron chi connectivity index (χ2n) is 7.05. The van der Waals surface area contributed by atoms with E-state index in [1.54, 1.807) is 13.3 Å². The molecule has 1 aliphatic rings. The van der Waals surface area contributed by atoms with Crippen LogP contribution in [0.2, 0.25) is 5.15 Å². The summed E-state index contributed by atoms with van der Waals surface area (Å²) in [6.45, 7) is 2.27. The minimum atomic E-state index is 0. The summed E-state index contributed by atoms with van der Waals surface area (Å²) >= 11 is 5.77. The van der Waals surface area contributed by atoms with Gasteiger partial charge in [-0.05, 0) is 56.6 Å². The molecule has 0 radical (unpaired) electrons. The molecule has 7 nitrogen and oxygen atoms in total. The maximum absolute atomic E-state index is 5.77. The Morgan fingerprint density at radius 1 is 1.14 bits per heavy atom. The Hall–Kier alpha value is -2.35. The number of likely N-dealkylation sites (tertiary alicyclic amines) is 1. The molecule has 3 heterocycles. The molecule has 1 aliphatic heterocycles. The number of rotatable bonds is 5. The summed E-state index contributed by atoms with van der Waals surface area (Å²) in [5, 5.41) is 10.8. The van der Waals surface area contributed by atoms with Crippen molar-refractivity contribution >= 4 is 35.6 Å². The van der Waals surface area contributed by atoms with Crippen molar-refractivity contribution in [1.82, 2.24) is 25.1 Å². The molecular formula is C20H24Cl2N6O. The van der Waals surface area contributed by atoms with Gasteiger partial charge in [-0.2, -0.15) is 5.10 Å². The van der Waals surface area contributed by atoms with Crippen LogP contribution in [-0.4, -0.2) is 52.3 Å². The standard InChI is InChI=1S/C20H23ClN6O.ClH/c1-27-7-5-13(6-8-27)14-3-4-15(17(9-14)28-2)16-10-19(26-25-16)24-20-12-22-18(21)11-23-20;/h3-4,9-13H,5-8H2,1-2H3,(H2,23,24,25,26);1H. The van der Waals surface area contributed by atoms with Gasteiger partial charge in [-0.25, -0.2) is 9.97 Å². The molecular weight excluding hydrogens is 411 g/mol. The number of aromatic amines is 1. The van der Waals surface area contributed by atoms with Crippen molar-refractivity contribution in [3.63, 3.8) is 0 Å². The number of H-pyrrole nitrogens is 1. The van der Waals surface area contributed by atoms with Crippen LogP contribution in [0.1, 0.15) is 24.3 Å². The predicted molar refractivity (Wildman–Crippen MR) is 118 cm³/mol. The highest BCUT2D eigenvalue weighted by Crippen LogP contribution is 2.35. The third-order valence-corrected chi connectivity index (χ3v) is 5.36. The van der Waals surface area contributed by atoms with Crippen LogP contribution in [0, 0.1) is 0 Å². The molecule has 1 fully saturated rings. The molecule has 1 aromatic carbocycles. The van der Waals surface area contributed by atoms with Crippen molar-refractivity contribution in [2.45, 2.75) is 18.8 Å². The van der Waals surface area contributed by atoms with Crippen molar-refractivity contribution in [2.75, 3.05) is 32.6 Å². The molecule has 0 unspecified atom stereocenters. The summed E-state index contributed by atoms with van der Waals surface area (Å²) < 4.78 is 5.68. The van der Waals surface area contributed by atoms with E-state index in [1.807, 2.05) is 6.07 Å². The molecule has 2 aromatic heterocycles. The van der Waals surface area contributed by atoms with E-state index in [0.717, 1.165) is 30.1 Å². The van der Waals surface area contributed by atoms with Crippen molar-refractivity contribution in [1.29, 1.82) is 0 Å². The quantitative estimate of drug-likeness (QED) is 0.614. The van der Waals surface area contributed by atoms with E-state index < -0.39 is 0 Å². The smallest absolute Gasteiger partial charge is 0.153 e. The SMILES string of the molecule is COc1cc(C2CCN(C)CC2)ccc1-c1cc(Nc2cnc(Cl)cn2)n[nH]1.Cl.